The van der Waals surface area contributed by atoms with Gasteiger partial charge in [0.1, 0.15) is 0 Å². The molecule has 0 aromatic heterocycles. The Balaban J connectivity index is 3.34. The summed E-state index contributed by atoms with van der Waals surface area (Å²) in [5, 5.41) is 0. The van der Waals surface area contributed by atoms with Gasteiger partial charge >= 0.3 is 7.60 Å². The smallest absolute Gasteiger partial charge is 0.312 e. The van der Waals surface area contributed by atoms with Crippen LogP contribution in [0.15, 0.2) is 0 Å². The summed E-state index contributed by atoms with van der Waals surface area (Å²) in [4.78, 5) is 0. The van der Waals surface area contributed by atoms with Crippen LogP contribution in [-0.4, -0.2) is 19.9 Å². The topological polar surface area (TPSA) is 35.5 Å². The largest absolute Gasteiger partial charge is 0.330 e. The highest BCUT2D eigenvalue weighted by Gasteiger charge is 2.18. The van der Waals surface area contributed by atoms with E-state index >= 15 is 0 Å². The molecule has 1 unspecified atom stereocenters. The number of hydrogen-bond donors (Lipinski definition) is 0. The lowest BCUT2D eigenvalue weighted by Gasteiger charge is -2.13. The summed E-state index contributed by atoms with van der Waals surface area (Å²) < 4.78 is 21.8. The Morgan fingerprint density at radius 1 is 1.00 bits per heavy atom. The van der Waals surface area contributed by atoms with E-state index in [-0.39, 0.29) is 0 Å². The number of rotatable bonds is 10. The van der Waals surface area contributed by atoms with E-state index in [0.29, 0.717) is 12.8 Å². The highest BCUT2D eigenvalue weighted by atomic mass is 31.2. The summed E-state index contributed by atoms with van der Waals surface area (Å²) in [6, 6.07) is 0. The second kappa shape index (κ2) is 9.38. The zero-order valence-corrected chi connectivity index (χ0v) is 11.2. The average molecular weight is 236 g/mol. The van der Waals surface area contributed by atoms with Gasteiger partial charge < -0.3 is 9.05 Å². The van der Waals surface area contributed by atoms with Gasteiger partial charge in [-0.3, -0.25) is 4.57 Å². The minimum absolute atomic E-state index is 0.458. The molecule has 0 heterocycles. The summed E-state index contributed by atoms with van der Waals surface area (Å²) in [5.41, 5.74) is 0. The molecule has 0 amide bonds. The highest BCUT2D eigenvalue weighted by Crippen LogP contribution is 2.46. The maximum Gasteiger partial charge on any atom is 0.330 e. The fraction of sp³-hybridized carbons (Fsp3) is 1.00. The van der Waals surface area contributed by atoms with Crippen LogP contribution >= 0.6 is 7.60 Å². The third-order valence-corrected chi connectivity index (χ3v) is 4.36. The molecule has 0 spiro atoms. The Kier molecular flexibility index (Phi) is 9.48. The van der Waals surface area contributed by atoms with Crippen molar-refractivity contribution in [3.63, 3.8) is 0 Å². The van der Waals surface area contributed by atoms with E-state index < -0.39 is 7.60 Å². The molecule has 4 heteroatoms. The van der Waals surface area contributed by atoms with Crippen molar-refractivity contribution in [2.24, 2.45) is 0 Å². The van der Waals surface area contributed by atoms with Crippen molar-refractivity contribution in [2.75, 3.05) is 19.9 Å². The summed E-state index contributed by atoms with van der Waals surface area (Å²) in [6.45, 7) is 4.59. The van der Waals surface area contributed by atoms with E-state index in [0.717, 1.165) is 12.8 Å². The number of unbranched alkanes of at least 4 members (excludes halogenated alkanes) is 5. The minimum atomic E-state index is -2.74. The van der Waals surface area contributed by atoms with E-state index in [2.05, 4.69) is 6.92 Å². The third kappa shape index (κ3) is 8.01. The molecular weight excluding hydrogens is 211 g/mol. The van der Waals surface area contributed by atoms with Crippen molar-refractivity contribution < 1.29 is 13.6 Å². The molecule has 0 aromatic carbocycles. The molecule has 0 aliphatic rings. The molecule has 92 valence electrons. The van der Waals surface area contributed by atoms with Gasteiger partial charge in [0, 0.05) is 13.3 Å². The van der Waals surface area contributed by atoms with Crippen LogP contribution in [0, 0.1) is 0 Å². The predicted octanol–water partition coefficient (Wildman–Crippen LogP) is 4.22. The molecule has 0 radical (unpaired) electrons. The van der Waals surface area contributed by atoms with Crippen molar-refractivity contribution in [3.8, 4) is 0 Å². The predicted molar refractivity (Wildman–Crippen MR) is 64.5 cm³/mol. The molecule has 1 atom stereocenters. The van der Waals surface area contributed by atoms with E-state index in [1.807, 2.05) is 6.92 Å². The van der Waals surface area contributed by atoms with Crippen molar-refractivity contribution in [2.45, 2.75) is 52.4 Å². The normalized spacial score (nSPS) is 15.1. The molecule has 0 saturated carbocycles. The van der Waals surface area contributed by atoms with Gasteiger partial charge in [-0.25, -0.2) is 0 Å². The lowest BCUT2D eigenvalue weighted by atomic mass is 10.1. The van der Waals surface area contributed by atoms with Crippen LogP contribution in [0.3, 0.4) is 0 Å². The first-order chi connectivity index (χ1) is 7.18. The molecule has 0 saturated heterocycles. The standard InChI is InChI=1S/C11H25O3P/c1-4-6-7-8-9-10-11-14-15(12,5-2)13-3/h4-11H2,1-3H3. The fourth-order valence-corrected chi connectivity index (χ4v) is 2.31. The molecule has 15 heavy (non-hydrogen) atoms. The third-order valence-electron chi connectivity index (χ3n) is 2.45. The zero-order valence-electron chi connectivity index (χ0n) is 10.3. The summed E-state index contributed by atoms with van der Waals surface area (Å²) >= 11 is 0. The molecule has 0 rings (SSSR count). The van der Waals surface area contributed by atoms with E-state index in [9.17, 15) is 4.57 Å². The Morgan fingerprint density at radius 3 is 2.13 bits per heavy atom. The van der Waals surface area contributed by atoms with Gasteiger partial charge in [0.15, 0.2) is 0 Å². The quantitative estimate of drug-likeness (QED) is 0.420. The first-order valence-electron chi connectivity index (χ1n) is 5.98. The molecule has 0 aromatic rings. The van der Waals surface area contributed by atoms with Gasteiger partial charge in [-0.1, -0.05) is 46.0 Å². The van der Waals surface area contributed by atoms with E-state index in [4.69, 9.17) is 9.05 Å². The second-order valence-electron chi connectivity index (χ2n) is 3.71. The van der Waals surface area contributed by atoms with Crippen molar-refractivity contribution in [3.05, 3.63) is 0 Å². The fourth-order valence-electron chi connectivity index (χ4n) is 1.36. The molecule has 0 N–H and O–H groups in total. The summed E-state index contributed by atoms with van der Waals surface area (Å²) in [6.07, 6.45) is 7.73. The lowest BCUT2D eigenvalue weighted by Crippen LogP contribution is -1.97. The maximum absolute atomic E-state index is 11.6. The highest BCUT2D eigenvalue weighted by molar-refractivity contribution is 7.53. The Hall–Kier alpha value is 0.150. The molecular formula is C11H25O3P. The van der Waals surface area contributed by atoms with Gasteiger partial charge in [-0.15, -0.1) is 0 Å². The lowest BCUT2D eigenvalue weighted by molar-refractivity contribution is 0.229. The number of hydrogen-bond acceptors (Lipinski definition) is 3. The van der Waals surface area contributed by atoms with Gasteiger partial charge in [-0.2, -0.15) is 0 Å². The van der Waals surface area contributed by atoms with Gasteiger partial charge in [0.2, 0.25) is 0 Å². The molecule has 0 aliphatic heterocycles. The van der Waals surface area contributed by atoms with Crippen LogP contribution in [0.4, 0.5) is 0 Å². The van der Waals surface area contributed by atoms with Gasteiger partial charge in [-0.05, 0) is 6.42 Å². The Morgan fingerprint density at radius 2 is 1.60 bits per heavy atom. The Labute approximate surface area is 94.1 Å². The monoisotopic (exact) mass is 236 g/mol. The summed E-state index contributed by atoms with van der Waals surface area (Å²) in [7, 11) is -1.29. The SMILES string of the molecule is CCCCCCCCOP(=O)(CC)OC. The van der Waals surface area contributed by atoms with Gasteiger partial charge in [0.05, 0.1) is 6.61 Å². The molecule has 0 fully saturated rings. The van der Waals surface area contributed by atoms with Gasteiger partial charge in [0.25, 0.3) is 0 Å². The molecule has 3 nitrogen and oxygen atoms in total. The first kappa shape index (κ1) is 15.2. The minimum Gasteiger partial charge on any atom is -0.312 e. The average Bonchev–Trinajstić information content (AvgIpc) is 2.27. The Bertz CT molecular complexity index is 175. The van der Waals surface area contributed by atoms with Crippen LogP contribution in [-0.2, 0) is 13.6 Å². The van der Waals surface area contributed by atoms with E-state index in [1.54, 1.807) is 0 Å². The van der Waals surface area contributed by atoms with Crippen LogP contribution in [0.25, 0.3) is 0 Å². The molecule has 0 bridgehead atoms. The first-order valence-corrected chi connectivity index (χ1v) is 7.70. The van der Waals surface area contributed by atoms with Crippen LogP contribution in [0.5, 0.6) is 0 Å². The van der Waals surface area contributed by atoms with Crippen LogP contribution in [0.2, 0.25) is 0 Å². The van der Waals surface area contributed by atoms with Crippen molar-refractivity contribution >= 4 is 7.60 Å². The van der Waals surface area contributed by atoms with Crippen LogP contribution < -0.4 is 0 Å². The van der Waals surface area contributed by atoms with Crippen molar-refractivity contribution in [1.29, 1.82) is 0 Å². The summed E-state index contributed by atoms with van der Waals surface area (Å²) in [5.74, 6) is 0. The maximum atomic E-state index is 11.6. The zero-order chi connectivity index (χ0) is 11.6. The van der Waals surface area contributed by atoms with Crippen LogP contribution in [0.1, 0.15) is 52.4 Å². The molecule has 0 aliphatic carbocycles. The second-order valence-corrected chi connectivity index (χ2v) is 6.19. The van der Waals surface area contributed by atoms with Crippen molar-refractivity contribution in [1.82, 2.24) is 0 Å². The van der Waals surface area contributed by atoms with E-state index in [1.165, 1.54) is 32.8 Å².